The lowest BCUT2D eigenvalue weighted by atomic mass is 10.2. The minimum absolute atomic E-state index is 0.126. The van der Waals surface area contributed by atoms with Crippen LogP contribution in [0.15, 0.2) is 36.7 Å². The summed E-state index contributed by atoms with van der Waals surface area (Å²) in [5.74, 6) is -1.28. The topological polar surface area (TPSA) is 99.2 Å². The van der Waals surface area contributed by atoms with E-state index in [0.29, 0.717) is 0 Å². The first kappa shape index (κ1) is 15.2. The number of carbonyl (C=O) groups is 2. The molecule has 8 heteroatoms. The molecule has 0 unspecified atom stereocenters. The van der Waals surface area contributed by atoms with Crippen LogP contribution in [0.4, 0.5) is 14.9 Å². The number of anilines is 1. The third-order valence-electron chi connectivity index (χ3n) is 2.56. The fourth-order valence-corrected chi connectivity index (χ4v) is 1.66. The van der Waals surface area contributed by atoms with E-state index in [1.807, 2.05) is 0 Å². The Kier molecular flexibility index (Phi) is 4.52. The van der Waals surface area contributed by atoms with Crippen molar-refractivity contribution in [3.8, 4) is 5.75 Å². The van der Waals surface area contributed by atoms with Crippen LogP contribution in [0, 0.1) is 5.82 Å². The number of nitrogens with one attached hydrogen (secondary N) is 1. The van der Waals surface area contributed by atoms with Gasteiger partial charge in [0.1, 0.15) is 5.82 Å². The lowest BCUT2D eigenvalue weighted by Crippen LogP contribution is -2.18. The summed E-state index contributed by atoms with van der Waals surface area (Å²) in [4.78, 5) is 22.6. The first-order valence-corrected chi connectivity index (χ1v) is 6.18. The van der Waals surface area contributed by atoms with Crippen molar-refractivity contribution in [2.45, 2.75) is 0 Å². The molecule has 0 saturated heterocycles. The van der Waals surface area contributed by atoms with Crippen molar-refractivity contribution in [2.75, 3.05) is 5.32 Å². The summed E-state index contributed by atoms with van der Waals surface area (Å²) in [5.41, 5.74) is 5.76. The van der Waals surface area contributed by atoms with Crippen LogP contribution in [-0.4, -0.2) is 21.8 Å². The second-order valence-corrected chi connectivity index (χ2v) is 4.33. The van der Waals surface area contributed by atoms with E-state index in [1.54, 1.807) is 30.2 Å². The molecule has 1 heterocycles. The molecule has 0 aliphatic rings. The molecule has 3 N–H and O–H groups in total. The Balaban J connectivity index is 2.10. The van der Waals surface area contributed by atoms with Gasteiger partial charge in [0.25, 0.3) is 0 Å². The van der Waals surface area contributed by atoms with Crippen LogP contribution >= 0.6 is 0 Å². The molecule has 7 nitrogen and oxygen atoms in total. The molecule has 0 saturated carbocycles. The number of amides is 2. The third-order valence-corrected chi connectivity index (χ3v) is 2.56. The Morgan fingerprint density at radius 2 is 2.23 bits per heavy atom. The molecule has 0 aliphatic carbocycles. The molecule has 0 bridgehead atoms. The zero-order chi connectivity index (χ0) is 16.1. The quantitative estimate of drug-likeness (QED) is 0.839. The summed E-state index contributed by atoms with van der Waals surface area (Å²) < 4.78 is 19.4. The third kappa shape index (κ3) is 4.17. The van der Waals surface area contributed by atoms with Crippen LogP contribution in [0.5, 0.6) is 5.75 Å². The van der Waals surface area contributed by atoms with Gasteiger partial charge < -0.3 is 15.8 Å². The molecule has 0 atom stereocenters. The van der Waals surface area contributed by atoms with Crippen LogP contribution in [-0.2, 0) is 11.8 Å². The molecule has 2 aromatic rings. The number of halogens is 1. The number of rotatable bonds is 4. The molecule has 1 aromatic heterocycles. The lowest BCUT2D eigenvalue weighted by molar-refractivity contribution is -0.111. The smallest absolute Gasteiger partial charge is 0.408 e. The van der Waals surface area contributed by atoms with Gasteiger partial charge in [-0.15, -0.1) is 0 Å². The van der Waals surface area contributed by atoms with Crippen molar-refractivity contribution in [3.05, 3.63) is 48.0 Å². The minimum Gasteiger partial charge on any atom is -0.408 e. The van der Waals surface area contributed by atoms with Gasteiger partial charge in [0.05, 0.1) is 11.9 Å². The molecular formula is C14H13FN4O3. The van der Waals surface area contributed by atoms with Crippen molar-refractivity contribution in [1.29, 1.82) is 0 Å². The number of benzene rings is 1. The molecule has 0 spiro atoms. The summed E-state index contributed by atoms with van der Waals surface area (Å²) in [6.07, 6.45) is 5.04. The number of ether oxygens (including phenoxy) is 1. The van der Waals surface area contributed by atoms with Crippen molar-refractivity contribution in [3.63, 3.8) is 0 Å². The van der Waals surface area contributed by atoms with Crippen molar-refractivity contribution in [2.24, 2.45) is 12.8 Å². The molecule has 2 rings (SSSR count). The molecule has 22 heavy (non-hydrogen) atoms. The molecule has 0 radical (unpaired) electrons. The van der Waals surface area contributed by atoms with E-state index in [1.165, 1.54) is 12.1 Å². The Morgan fingerprint density at radius 1 is 1.45 bits per heavy atom. The monoisotopic (exact) mass is 304 g/mol. The zero-order valence-electron chi connectivity index (χ0n) is 11.6. The number of carbonyl (C=O) groups excluding carboxylic acids is 2. The summed E-state index contributed by atoms with van der Waals surface area (Å²) >= 11 is 0. The Labute approximate surface area is 125 Å². The van der Waals surface area contributed by atoms with E-state index < -0.39 is 17.8 Å². The van der Waals surface area contributed by atoms with Crippen molar-refractivity contribution >= 4 is 23.8 Å². The Bertz CT molecular complexity index is 739. The van der Waals surface area contributed by atoms with Gasteiger partial charge in [0.2, 0.25) is 5.91 Å². The van der Waals surface area contributed by atoms with Gasteiger partial charge in [-0.05, 0) is 18.2 Å². The van der Waals surface area contributed by atoms with Gasteiger partial charge in [-0.2, -0.15) is 5.10 Å². The standard InChI is InChI=1S/C14H13FN4O3/c1-19-8-9(7-17-19)2-5-13(20)18-11-4-3-10(15)6-12(11)22-14(16)21/h2-8H,1H3,(H2,16,21)(H,18,20)/b5-2+. The lowest BCUT2D eigenvalue weighted by Gasteiger charge is -2.08. The number of nitrogens with two attached hydrogens (primary N) is 1. The van der Waals surface area contributed by atoms with E-state index in [4.69, 9.17) is 5.73 Å². The number of hydrogen-bond acceptors (Lipinski definition) is 4. The average molecular weight is 304 g/mol. The van der Waals surface area contributed by atoms with Crippen LogP contribution in [0.1, 0.15) is 5.56 Å². The number of primary amides is 1. The van der Waals surface area contributed by atoms with Gasteiger partial charge in [0, 0.05) is 31.0 Å². The second-order valence-electron chi connectivity index (χ2n) is 4.33. The molecule has 0 fully saturated rings. The largest absolute Gasteiger partial charge is 0.410 e. The summed E-state index contributed by atoms with van der Waals surface area (Å²) in [7, 11) is 1.75. The normalized spacial score (nSPS) is 10.6. The maximum atomic E-state index is 13.1. The SMILES string of the molecule is Cn1cc(/C=C/C(=O)Nc2ccc(F)cc2OC(N)=O)cn1. The zero-order valence-corrected chi connectivity index (χ0v) is 11.6. The second kappa shape index (κ2) is 6.53. The predicted octanol–water partition coefficient (Wildman–Crippen LogP) is 1.67. The van der Waals surface area contributed by atoms with E-state index in [0.717, 1.165) is 17.7 Å². The number of aromatic nitrogens is 2. The molecule has 114 valence electrons. The highest BCUT2D eigenvalue weighted by atomic mass is 19.1. The van der Waals surface area contributed by atoms with Crippen molar-refractivity contribution in [1.82, 2.24) is 9.78 Å². The fraction of sp³-hybridized carbons (Fsp3) is 0.0714. The Morgan fingerprint density at radius 3 is 2.86 bits per heavy atom. The first-order chi connectivity index (χ1) is 10.4. The van der Waals surface area contributed by atoms with Crippen LogP contribution < -0.4 is 15.8 Å². The van der Waals surface area contributed by atoms with Crippen LogP contribution in [0.25, 0.3) is 6.08 Å². The van der Waals surface area contributed by atoms with E-state index >= 15 is 0 Å². The minimum atomic E-state index is -1.10. The highest BCUT2D eigenvalue weighted by Crippen LogP contribution is 2.25. The summed E-state index contributed by atoms with van der Waals surface area (Å²) in [5, 5.41) is 6.42. The summed E-state index contributed by atoms with van der Waals surface area (Å²) in [6, 6.07) is 3.34. The maximum Gasteiger partial charge on any atom is 0.410 e. The van der Waals surface area contributed by atoms with E-state index in [-0.39, 0.29) is 11.4 Å². The maximum absolute atomic E-state index is 13.1. The highest BCUT2D eigenvalue weighted by Gasteiger charge is 2.10. The molecule has 1 aromatic carbocycles. The Hall–Kier alpha value is -3.16. The van der Waals surface area contributed by atoms with E-state index in [9.17, 15) is 14.0 Å². The molecule has 2 amide bonds. The predicted molar refractivity (Wildman–Crippen MR) is 77.5 cm³/mol. The van der Waals surface area contributed by atoms with Crippen molar-refractivity contribution < 1.29 is 18.7 Å². The van der Waals surface area contributed by atoms with Gasteiger partial charge >= 0.3 is 6.09 Å². The highest BCUT2D eigenvalue weighted by molar-refractivity contribution is 6.02. The van der Waals surface area contributed by atoms with Crippen LogP contribution in [0.3, 0.4) is 0 Å². The van der Waals surface area contributed by atoms with Gasteiger partial charge in [-0.3, -0.25) is 9.48 Å². The van der Waals surface area contributed by atoms with E-state index in [2.05, 4.69) is 15.2 Å². The molecule has 0 aliphatic heterocycles. The molecular weight excluding hydrogens is 291 g/mol. The van der Waals surface area contributed by atoms with Gasteiger partial charge in [-0.25, -0.2) is 9.18 Å². The summed E-state index contributed by atoms with van der Waals surface area (Å²) in [6.45, 7) is 0. The number of hydrogen-bond donors (Lipinski definition) is 2. The average Bonchev–Trinajstić information content (AvgIpc) is 2.85. The van der Waals surface area contributed by atoms with Gasteiger partial charge in [0.15, 0.2) is 5.75 Å². The van der Waals surface area contributed by atoms with Gasteiger partial charge in [-0.1, -0.05) is 0 Å². The number of aryl methyl sites for hydroxylation is 1. The number of nitrogens with zero attached hydrogens (tertiary/aromatic N) is 2. The van der Waals surface area contributed by atoms with Crippen LogP contribution in [0.2, 0.25) is 0 Å². The first-order valence-electron chi connectivity index (χ1n) is 6.18. The fourth-order valence-electron chi connectivity index (χ4n) is 1.66.